The SMILES string of the molecule is Cn1c(C(F)(F)F)nn(C2CCN(C(=O)c3ccc(Cl)cc3)CC2)c1=O. The molecule has 140 valence electrons. The molecule has 2 aromatic rings. The van der Waals surface area contributed by atoms with Crippen LogP contribution < -0.4 is 5.69 Å². The predicted molar refractivity (Wildman–Crippen MR) is 88.1 cm³/mol. The second-order valence-corrected chi connectivity index (χ2v) is 6.57. The average Bonchev–Trinajstić information content (AvgIpc) is 2.91. The van der Waals surface area contributed by atoms with Gasteiger partial charge in [0.05, 0.1) is 6.04 Å². The number of benzene rings is 1. The van der Waals surface area contributed by atoms with E-state index in [4.69, 9.17) is 11.6 Å². The smallest absolute Gasteiger partial charge is 0.338 e. The molecule has 1 fully saturated rings. The summed E-state index contributed by atoms with van der Waals surface area (Å²) in [5, 5.41) is 3.99. The second kappa shape index (κ2) is 6.79. The molecule has 1 aliphatic heterocycles. The summed E-state index contributed by atoms with van der Waals surface area (Å²) in [6.07, 6.45) is -3.98. The summed E-state index contributed by atoms with van der Waals surface area (Å²) in [6.45, 7) is 0.660. The lowest BCUT2D eigenvalue weighted by atomic mass is 10.0. The summed E-state index contributed by atoms with van der Waals surface area (Å²) in [5.74, 6) is -1.40. The number of aromatic nitrogens is 3. The zero-order valence-corrected chi connectivity index (χ0v) is 14.6. The van der Waals surface area contributed by atoms with Crippen molar-refractivity contribution in [1.82, 2.24) is 19.2 Å². The maximum Gasteiger partial charge on any atom is 0.451 e. The molecule has 0 saturated carbocycles. The molecule has 0 bridgehead atoms. The van der Waals surface area contributed by atoms with Crippen LogP contribution in [0.15, 0.2) is 29.1 Å². The Morgan fingerprint density at radius 1 is 1.19 bits per heavy atom. The summed E-state index contributed by atoms with van der Waals surface area (Å²) < 4.78 is 40.1. The van der Waals surface area contributed by atoms with Crippen LogP contribution in [-0.4, -0.2) is 38.2 Å². The fraction of sp³-hybridized carbons (Fsp3) is 0.438. The number of rotatable bonds is 2. The highest BCUT2D eigenvalue weighted by Crippen LogP contribution is 2.28. The number of likely N-dealkylation sites (tertiary alicyclic amines) is 1. The first kappa shape index (κ1) is 18.5. The number of halogens is 4. The molecule has 0 atom stereocenters. The molecule has 2 heterocycles. The highest BCUT2D eigenvalue weighted by Gasteiger charge is 2.39. The van der Waals surface area contributed by atoms with Crippen molar-refractivity contribution >= 4 is 17.5 Å². The first-order valence-corrected chi connectivity index (χ1v) is 8.34. The zero-order valence-electron chi connectivity index (χ0n) is 13.8. The number of carbonyl (C=O) groups excluding carboxylic acids is 1. The Hall–Kier alpha value is -2.29. The van der Waals surface area contributed by atoms with Crippen LogP contribution in [-0.2, 0) is 13.2 Å². The minimum Gasteiger partial charge on any atom is -0.338 e. The molecule has 6 nitrogen and oxygen atoms in total. The minimum atomic E-state index is -4.69. The van der Waals surface area contributed by atoms with E-state index in [1.54, 1.807) is 29.2 Å². The molecule has 10 heteroatoms. The van der Waals surface area contributed by atoms with Crippen molar-refractivity contribution in [1.29, 1.82) is 0 Å². The third kappa shape index (κ3) is 3.48. The summed E-state index contributed by atoms with van der Waals surface area (Å²) in [6, 6.07) is 6.01. The Kier molecular flexibility index (Phi) is 4.83. The van der Waals surface area contributed by atoms with Gasteiger partial charge in [0.15, 0.2) is 0 Å². The maximum absolute atomic E-state index is 12.9. The molecular weight excluding hydrogens is 373 g/mol. The predicted octanol–water partition coefficient (Wildman–Crippen LogP) is 2.73. The van der Waals surface area contributed by atoms with Gasteiger partial charge in [-0.3, -0.25) is 9.36 Å². The van der Waals surface area contributed by atoms with E-state index in [1.807, 2.05) is 0 Å². The summed E-state index contributed by atoms with van der Waals surface area (Å²) in [4.78, 5) is 26.1. The van der Waals surface area contributed by atoms with Crippen LogP contribution in [0.1, 0.15) is 35.1 Å². The monoisotopic (exact) mass is 388 g/mol. The van der Waals surface area contributed by atoms with Crippen LogP contribution >= 0.6 is 11.6 Å². The van der Waals surface area contributed by atoms with Gasteiger partial charge in [-0.1, -0.05) is 11.6 Å². The number of amides is 1. The molecule has 1 saturated heterocycles. The van der Waals surface area contributed by atoms with Crippen molar-refractivity contribution in [3.8, 4) is 0 Å². The highest BCUT2D eigenvalue weighted by atomic mass is 35.5. The number of piperidine rings is 1. The standard InChI is InChI=1S/C16H16ClF3N4O2/c1-22-14(16(18,19)20)21-24(15(22)26)12-6-8-23(9-7-12)13(25)10-2-4-11(17)5-3-10/h2-5,12H,6-9H2,1H3. The number of nitrogens with zero attached hydrogens (tertiary/aromatic N) is 4. The maximum atomic E-state index is 12.9. The van der Waals surface area contributed by atoms with Gasteiger partial charge in [0, 0.05) is 30.7 Å². The molecular formula is C16H16ClF3N4O2. The molecule has 0 spiro atoms. The van der Waals surface area contributed by atoms with Gasteiger partial charge in [-0.2, -0.15) is 13.2 Å². The van der Waals surface area contributed by atoms with Gasteiger partial charge in [0.1, 0.15) is 0 Å². The van der Waals surface area contributed by atoms with E-state index in [2.05, 4.69) is 5.10 Å². The van der Waals surface area contributed by atoms with Crippen LogP contribution in [0.3, 0.4) is 0 Å². The molecule has 0 aliphatic carbocycles. The van der Waals surface area contributed by atoms with E-state index in [0.717, 1.165) is 11.7 Å². The average molecular weight is 389 g/mol. The molecule has 1 aromatic heterocycles. The molecule has 1 amide bonds. The highest BCUT2D eigenvalue weighted by molar-refractivity contribution is 6.30. The Bertz CT molecular complexity index is 865. The fourth-order valence-electron chi connectivity index (χ4n) is 3.03. The molecule has 0 N–H and O–H groups in total. The van der Waals surface area contributed by atoms with E-state index < -0.39 is 23.7 Å². The van der Waals surface area contributed by atoms with Crippen LogP contribution in [0.2, 0.25) is 5.02 Å². The number of hydrogen-bond acceptors (Lipinski definition) is 3. The summed E-state index contributed by atoms with van der Waals surface area (Å²) in [5.41, 5.74) is -0.318. The topological polar surface area (TPSA) is 60.1 Å². The Balaban J connectivity index is 1.72. The second-order valence-electron chi connectivity index (χ2n) is 6.14. The number of hydrogen-bond donors (Lipinski definition) is 0. The quantitative estimate of drug-likeness (QED) is 0.794. The van der Waals surface area contributed by atoms with E-state index in [-0.39, 0.29) is 5.91 Å². The molecule has 0 radical (unpaired) electrons. The van der Waals surface area contributed by atoms with Crippen LogP contribution in [0.4, 0.5) is 13.2 Å². The third-order valence-corrected chi connectivity index (χ3v) is 4.70. The summed E-state index contributed by atoms with van der Waals surface area (Å²) >= 11 is 5.80. The largest absolute Gasteiger partial charge is 0.451 e. The lowest BCUT2D eigenvalue weighted by Crippen LogP contribution is -2.41. The van der Waals surface area contributed by atoms with Crippen molar-refractivity contribution in [3.05, 3.63) is 51.2 Å². The van der Waals surface area contributed by atoms with Gasteiger partial charge in [-0.25, -0.2) is 9.48 Å². The van der Waals surface area contributed by atoms with Gasteiger partial charge in [0.25, 0.3) is 5.91 Å². The molecule has 3 rings (SSSR count). The number of carbonyl (C=O) groups is 1. The van der Waals surface area contributed by atoms with Crippen LogP contribution in [0, 0.1) is 0 Å². The Morgan fingerprint density at radius 3 is 2.27 bits per heavy atom. The lowest BCUT2D eigenvalue weighted by Gasteiger charge is -2.31. The Labute approximate surface area is 151 Å². The first-order valence-electron chi connectivity index (χ1n) is 7.96. The minimum absolute atomic E-state index is 0.176. The van der Waals surface area contributed by atoms with Crippen molar-refractivity contribution < 1.29 is 18.0 Å². The van der Waals surface area contributed by atoms with Gasteiger partial charge >= 0.3 is 11.9 Å². The third-order valence-electron chi connectivity index (χ3n) is 4.45. The molecule has 0 unspecified atom stereocenters. The van der Waals surface area contributed by atoms with Gasteiger partial charge in [0.2, 0.25) is 5.82 Å². The van der Waals surface area contributed by atoms with Gasteiger partial charge < -0.3 is 4.90 Å². The van der Waals surface area contributed by atoms with E-state index in [9.17, 15) is 22.8 Å². The normalized spacial score (nSPS) is 16.1. The molecule has 1 aliphatic rings. The zero-order chi connectivity index (χ0) is 19.1. The van der Waals surface area contributed by atoms with Crippen LogP contribution in [0.25, 0.3) is 0 Å². The lowest BCUT2D eigenvalue weighted by molar-refractivity contribution is -0.147. The van der Waals surface area contributed by atoms with E-state index >= 15 is 0 Å². The van der Waals surface area contributed by atoms with Crippen molar-refractivity contribution in [2.24, 2.45) is 7.05 Å². The molecule has 1 aromatic carbocycles. The van der Waals surface area contributed by atoms with Crippen molar-refractivity contribution in [2.75, 3.05) is 13.1 Å². The summed E-state index contributed by atoms with van der Waals surface area (Å²) in [7, 11) is 1.05. The van der Waals surface area contributed by atoms with Gasteiger partial charge in [-0.15, -0.1) is 5.10 Å². The van der Waals surface area contributed by atoms with E-state index in [0.29, 0.717) is 41.1 Å². The first-order chi connectivity index (χ1) is 12.2. The molecule has 26 heavy (non-hydrogen) atoms. The fourth-order valence-corrected chi connectivity index (χ4v) is 3.16. The van der Waals surface area contributed by atoms with E-state index in [1.165, 1.54) is 0 Å². The van der Waals surface area contributed by atoms with Crippen LogP contribution in [0.5, 0.6) is 0 Å². The van der Waals surface area contributed by atoms with Gasteiger partial charge in [-0.05, 0) is 37.1 Å². The Morgan fingerprint density at radius 2 is 1.77 bits per heavy atom. The van der Waals surface area contributed by atoms with Crippen molar-refractivity contribution in [3.63, 3.8) is 0 Å². The van der Waals surface area contributed by atoms with Crippen molar-refractivity contribution in [2.45, 2.75) is 25.1 Å². The number of alkyl halides is 3.